The molecule has 2 heterocycles. The van der Waals surface area contributed by atoms with Gasteiger partial charge in [0.25, 0.3) is 5.69 Å². The number of sulfonamides is 1. The van der Waals surface area contributed by atoms with Crippen molar-refractivity contribution in [3.05, 3.63) is 50.7 Å². The number of anilines is 1. The summed E-state index contributed by atoms with van der Waals surface area (Å²) in [6.07, 6.45) is 1.87. The number of hydrogen-bond donors (Lipinski definition) is 0. The molecule has 1 saturated heterocycles. The molecule has 7 nitrogen and oxygen atoms in total. The number of nitrogens with zero attached hydrogens (tertiary/aromatic N) is 3. The number of rotatable bonds is 7. The highest BCUT2D eigenvalue weighted by atomic mass is 32.2. The van der Waals surface area contributed by atoms with Crippen molar-refractivity contribution >= 4 is 32.7 Å². The Bertz CT molecular complexity index is 909. The van der Waals surface area contributed by atoms with E-state index in [1.807, 2.05) is 22.4 Å². The third-order valence-electron chi connectivity index (χ3n) is 4.92. The van der Waals surface area contributed by atoms with Gasteiger partial charge in [0, 0.05) is 30.6 Å². The average Bonchev–Trinajstić information content (AvgIpc) is 3.33. The second-order valence-electron chi connectivity index (χ2n) is 6.36. The highest BCUT2D eigenvalue weighted by molar-refractivity contribution is 7.89. The molecule has 0 aliphatic carbocycles. The zero-order valence-electron chi connectivity index (χ0n) is 15.4. The Morgan fingerprint density at radius 1 is 1.30 bits per heavy atom. The first-order valence-electron chi connectivity index (χ1n) is 8.98. The normalized spacial score (nSPS) is 17.6. The number of nitro benzene ring substituents is 1. The Morgan fingerprint density at radius 2 is 2.04 bits per heavy atom. The number of benzene rings is 1. The lowest BCUT2D eigenvalue weighted by molar-refractivity contribution is -0.384. The van der Waals surface area contributed by atoms with Gasteiger partial charge in [-0.3, -0.25) is 10.1 Å². The Hall–Kier alpha value is -1.97. The van der Waals surface area contributed by atoms with E-state index in [4.69, 9.17) is 0 Å². The smallest absolute Gasteiger partial charge is 0.293 e. The van der Waals surface area contributed by atoms with Crippen molar-refractivity contribution in [1.29, 1.82) is 0 Å². The van der Waals surface area contributed by atoms with Crippen molar-refractivity contribution in [1.82, 2.24) is 4.31 Å². The molecule has 0 bridgehead atoms. The highest BCUT2D eigenvalue weighted by Crippen LogP contribution is 2.42. The molecular formula is C18H23N3O4S2. The van der Waals surface area contributed by atoms with E-state index in [9.17, 15) is 18.5 Å². The van der Waals surface area contributed by atoms with Crippen LogP contribution in [-0.4, -0.2) is 37.3 Å². The Morgan fingerprint density at radius 3 is 2.63 bits per heavy atom. The monoisotopic (exact) mass is 409 g/mol. The fourth-order valence-corrected chi connectivity index (χ4v) is 5.95. The van der Waals surface area contributed by atoms with Gasteiger partial charge in [0.15, 0.2) is 0 Å². The SMILES string of the molecule is CCN(CC)S(=O)(=O)c1ccc(N2CCCC2c2cccs2)c([N+](=O)[O-])c1. The van der Waals surface area contributed by atoms with Crippen LogP contribution in [-0.2, 0) is 10.0 Å². The molecule has 0 N–H and O–H groups in total. The van der Waals surface area contributed by atoms with Gasteiger partial charge in [-0.2, -0.15) is 4.31 Å². The van der Waals surface area contributed by atoms with Crippen LogP contribution in [0.5, 0.6) is 0 Å². The summed E-state index contributed by atoms with van der Waals surface area (Å²) in [5, 5.41) is 13.7. The second-order valence-corrected chi connectivity index (χ2v) is 9.28. The molecule has 1 aliphatic rings. The van der Waals surface area contributed by atoms with Crippen molar-refractivity contribution < 1.29 is 13.3 Å². The van der Waals surface area contributed by atoms with E-state index in [0.29, 0.717) is 25.3 Å². The van der Waals surface area contributed by atoms with Crippen molar-refractivity contribution in [2.45, 2.75) is 37.6 Å². The molecule has 0 radical (unpaired) electrons. The number of thiophene rings is 1. The maximum absolute atomic E-state index is 12.7. The molecule has 3 rings (SSSR count). The summed E-state index contributed by atoms with van der Waals surface area (Å²) in [5.74, 6) is 0. The summed E-state index contributed by atoms with van der Waals surface area (Å²) < 4.78 is 26.8. The topological polar surface area (TPSA) is 83.8 Å². The predicted octanol–water partition coefficient (Wildman–Crippen LogP) is 4.03. The predicted molar refractivity (Wildman–Crippen MR) is 107 cm³/mol. The first-order chi connectivity index (χ1) is 12.9. The van der Waals surface area contributed by atoms with Crippen LogP contribution in [0, 0.1) is 10.1 Å². The Labute approximate surface area is 163 Å². The molecule has 1 unspecified atom stereocenters. The van der Waals surface area contributed by atoms with E-state index in [0.717, 1.165) is 12.8 Å². The van der Waals surface area contributed by atoms with E-state index in [1.54, 1.807) is 31.3 Å². The molecule has 27 heavy (non-hydrogen) atoms. The molecule has 1 aromatic heterocycles. The lowest BCUT2D eigenvalue weighted by atomic mass is 10.1. The van der Waals surface area contributed by atoms with Crippen LogP contribution in [0.15, 0.2) is 40.6 Å². The van der Waals surface area contributed by atoms with Crippen LogP contribution in [0.2, 0.25) is 0 Å². The van der Waals surface area contributed by atoms with Crippen LogP contribution < -0.4 is 4.90 Å². The molecular weight excluding hydrogens is 386 g/mol. The minimum Gasteiger partial charge on any atom is -0.358 e. The fourth-order valence-electron chi connectivity index (χ4n) is 3.60. The molecule has 0 amide bonds. The maximum atomic E-state index is 12.7. The zero-order chi connectivity index (χ0) is 19.6. The maximum Gasteiger partial charge on any atom is 0.293 e. The van der Waals surface area contributed by atoms with Gasteiger partial charge in [-0.1, -0.05) is 19.9 Å². The van der Waals surface area contributed by atoms with Gasteiger partial charge in [-0.25, -0.2) is 8.42 Å². The molecule has 0 saturated carbocycles. The van der Waals surface area contributed by atoms with E-state index in [1.165, 1.54) is 21.3 Å². The van der Waals surface area contributed by atoms with Crippen molar-refractivity contribution in [2.24, 2.45) is 0 Å². The van der Waals surface area contributed by atoms with Crippen LogP contribution in [0.3, 0.4) is 0 Å². The van der Waals surface area contributed by atoms with E-state index >= 15 is 0 Å². The quantitative estimate of drug-likeness (QED) is 0.509. The highest BCUT2D eigenvalue weighted by Gasteiger charge is 2.33. The van der Waals surface area contributed by atoms with Gasteiger partial charge in [-0.05, 0) is 36.4 Å². The molecule has 9 heteroatoms. The summed E-state index contributed by atoms with van der Waals surface area (Å²) in [7, 11) is -3.74. The summed E-state index contributed by atoms with van der Waals surface area (Å²) in [6, 6.07) is 8.38. The third kappa shape index (κ3) is 3.71. The zero-order valence-corrected chi connectivity index (χ0v) is 17.0. The Balaban J connectivity index is 2.04. The van der Waals surface area contributed by atoms with Gasteiger partial charge in [0.05, 0.1) is 15.9 Å². The molecule has 2 aromatic rings. The fraction of sp³-hybridized carbons (Fsp3) is 0.444. The first-order valence-corrected chi connectivity index (χ1v) is 11.3. The lowest BCUT2D eigenvalue weighted by Gasteiger charge is -2.26. The van der Waals surface area contributed by atoms with E-state index in [2.05, 4.69) is 0 Å². The van der Waals surface area contributed by atoms with Gasteiger partial charge >= 0.3 is 0 Å². The standard InChI is InChI=1S/C18H23N3O4S2/c1-3-19(4-2)27(24,25)14-9-10-15(17(13-14)21(22)23)20-11-5-7-16(20)18-8-6-12-26-18/h6,8-10,12-13,16H,3-5,7,11H2,1-2H3. The minimum atomic E-state index is -3.74. The summed E-state index contributed by atoms with van der Waals surface area (Å²) in [5.41, 5.74) is 0.320. The van der Waals surface area contributed by atoms with E-state index in [-0.39, 0.29) is 16.6 Å². The van der Waals surface area contributed by atoms with Crippen molar-refractivity contribution in [2.75, 3.05) is 24.5 Å². The molecule has 1 aromatic carbocycles. The van der Waals surface area contributed by atoms with Crippen LogP contribution in [0.1, 0.15) is 37.6 Å². The molecule has 0 spiro atoms. The minimum absolute atomic E-state index is 0.0338. The second kappa shape index (κ2) is 7.95. The largest absolute Gasteiger partial charge is 0.358 e. The van der Waals surface area contributed by atoms with Crippen LogP contribution in [0.4, 0.5) is 11.4 Å². The van der Waals surface area contributed by atoms with Gasteiger partial charge in [-0.15, -0.1) is 11.3 Å². The molecule has 1 fully saturated rings. The summed E-state index contributed by atoms with van der Waals surface area (Å²) >= 11 is 1.64. The lowest BCUT2D eigenvalue weighted by Crippen LogP contribution is -2.30. The van der Waals surface area contributed by atoms with Gasteiger partial charge < -0.3 is 4.90 Å². The van der Waals surface area contributed by atoms with Crippen LogP contribution in [0.25, 0.3) is 0 Å². The molecule has 1 aliphatic heterocycles. The van der Waals surface area contributed by atoms with E-state index < -0.39 is 14.9 Å². The first kappa shape index (κ1) is 19.8. The van der Waals surface area contributed by atoms with Gasteiger partial charge in [0.1, 0.15) is 5.69 Å². The van der Waals surface area contributed by atoms with Crippen LogP contribution >= 0.6 is 11.3 Å². The molecule has 1 atom stereocenters. The number of nitro groups is 1. The van der Waals surface area contributed by atoms with Crippen molar-refractivity contribution in [3.8, 4) is 0 Å². The molecule has 146 valence electrons. The number of hydrogen-bond acceptors (Lipinski definition) is 6. The Kier molecular flexibility index (Phi) is 5.83. The summed E-state index contributed by atoms with van der Waals surface area (Å²) in [4.78, 5) is 14.4. The summed E-state index contributed by atoms with van der Waals surface area (Å²) in [6.45, 7) is 4.85. The van der Waals surface area contributed by atoms with Crippen molar-refractivity contribution in [3.63, 3.8) is 0 Å². The van der Waals surface area contributed by atoms with Gasteiger partial charge in [0.2, 0.25) is 10.0 Å². The third-order valence-corrected chi connectivity index (χ3v) is 7.94. The average molecular weight is 410 g/mol.